The number of amides is 1. The standard InChI is InChI=1S/C25H31N5O/c1-4-23-17(2)25(28-20-7-5-19(16-26)6-8-20)22-15-21(29-13-11-27-12-14-29)9-10-24(22)30(23)18(3)31/h5-10,15,17,23,25,27-28H,4,11-14H2,1-3H3/t17-,23-,25?/m0/s1. The van der Waals surface area contributed by atoms with Gasteiger partial charge in [0.15, 0.2) is 0 Å². The van der Waals surface area contributed by atoms with E-state index in [-0.39, 0.29) is 23.9 Å². The van der Waals surface area contributed by atoms with Gasteiger partial charge in [-0.3, -0.25) is 4.79 Å². The summed E-state index contributed by atoms with van der Waals surface area (Å²) < 4.78 is 0. The molecule has 1 unspecified atom stereocenters. The van der Waals surface area contributed by atoms with Crippen LogP contribution in [0.25, 0.3) is 0 Å². The molecule has 6 nitrogen and oxygen atoms in total. The van der Waals surface area contributed by atoms with Gasteiger partial charge >= 0.3 is 0 Å². The minimum atomic E-state index is 0.0753. The quantitative estimate of drug-likeness (QED) is 0.789. The minimum absolute atomic E-state index is 0.0753. The number of nitrogens with zero attached hydrogens (tertiary/aromatic N) is 3. The third kappa shape index (κ3) is 4.11. The SMILES string of the molecule is CC[C@H]1[C@H](C)C(Nc2ccc(C#N)cc2)c2cc(N3CCNCC3)ccc2N1C(C)=O. The maximum absolute atomic E-state index is 12.7. The first kappa shape index (κ1) is 21.2. The number of fused-ring (bicyclic) bond motifs is 1. The highest BCUT2D eigenvalue weighted by molar-refractivity contribution is 5.94. The second kappa shape index (κ2) is 8.99. The highest BCUT2D eigenvalue weighted by Gasteiger charge is 2.39. The fraction of sp³-hybridized carbons (Fsp3) is 0.440. The topological polar surface area (TPSA) is 71.4 Å². The lowest BCUT2D eigenvalue weighted by Gasteiger charge is -2.46. The molecule has 1 amide bonds. The highest BCUT2D eigenvalue weighted by Crippen LogP contribution is 2.45. The molecular formula is C25H31N5O. The van der Waals surface area contributed by atoms with Crippen molar-refractivity contribution in [1.82, 2.24) is 5.32 Å². The summed E-state index contributed by atoms with van der Waals surface area (Å²) in [6.45, 7) is 9.97. The van der Waals surface area contributed by atoms with Crippen molar-refractivity contribution >= 4 is 23.0 Å². The lowest BCUT2D eigenvalue weighted by molar-refractivity contribution is -0.117. The van der Waals surface area contributed by atoms with Crippen LogP contribution in [0.15, 0.2) is 42.5 Å². The lowest BCUT2D eigenvalue weighted by Crippen LogP contribution is -2.50. The van der Waals surface area contributed by atoms with Gasteiger partial charge < -0.3 is 20.4 Å². The molecular weight excluding hydrogens is 386 g/mol. The number of hydrogen-bond acceptors (Lipinski definition) is 5. The number of benzene rings is 2. The summed E-state index contributed by atoms with van der Waals surface area (Å²) >= 11 is 0. The van der Waals surface area contributed by atoms with Gasteiger partial charge in [-0.05, 0) is 48.9 Å². The number of anilines is 3. The number of hydrogen-bond donors (Lipinski definition) is 2. The molecule has 2 aromatic rings. The molecule has 2 aromatic carbocycles. The van der Waals surface area contributed by atoms with Gasteiger partial charge in [-0.1, -0.05) is 13.8 Å². The monoisotopic (exact) mass is 417 g/mol. The van der Waals surface area contributed by atoms with E-state index in [0.29, 0.717) is 5.56 Å². The zero-order valence-corrected chi connectivity index (χ0v) is 18.6. The third-order valence-electron chi connectivity index (χ3n) is 6.65. The summed E-state index contributed by atoms with van der Waals surface area (Å²) in [7, 11) is 0. The molecule has 2 heterocycles. The second-order valence-electron chi connectivity index (χ2n) is 8.52. The fourth-order valence-corrected chi connectivity index (χ4v) is 5.04. The molecule has 31 heavy (non-hydrogen) atoms. The average Bonchev–Trinajstić information content (AvgIpc) is 2.81. The van der Waals surface area contributed by atoms with E-state index in [9.17, 15) is 4.79 Å². The van der Waals surface area contributed by atoms with E-state index in [1.54, 1.807) is 6.92 Å². The number of piperazine rings is 1. The van der Waals surface area contributed by atoms with Gasteiger partial charge in [0, 0.05) is 67.7 Å². The maximum atomic E-state index is 12.7. The Bertz CT molecular complexity index is 974. The number of carbonyl (C=O) groups is 1. The van der Waals surface area contributed by atoms with Crippen LogP contribution in [-0.2, 0) is 4.79 Å². The third-order valence-corrected chi connectivity index (χ3v) is 6.65. The molecule has 6 heteroatoms. The van der Waals surface area contributed by atoms with Crippen LogP contribution in [0.1, 0.15) is 44.4 Å². The highest BCUT2D eigenvalue weighted by atomic mass is 16.2. The summed E-state index contributed by atoms with van der Waals surface area (Å²) in [4.78, 5) is 17.0. The molecule has 0 bridgehead atoms. The van der Waals surface area contributed by atoms with Crippen LogP contribution in [0.2, 0.25) is 0 Å². The van der Waals surface area contributed by atoms with Crippen molar-refractivity contribution in [1.29, 1.82) is 5.26 Å². The largest absolute Gasteiger partial charge is 0.378 e. The van der Waals surface area contributed by atoms with Crippen LogP contribution in [0.5, 0.6) is 0 Å². The number of nitriles is 1. The van der Waals surface area contributed by atoms with Crippen molar-refractivity contribution in [3.63, 3.8) is 0 Å². The Kier molecular flexibility index (Phi) is 6.15. The molecule has 0 radical (unpaired) electrons. The van der Waals surface area contributed by atoms with Crippen LogP contribution >= 0.6 is 0 Å². The van der Waals surface area contributed by atoms with Gasteiger partial charge in [0.2, 0.25) is 5.91 Å². The number of nitrogens with one attached hydrogen (secondary N) is 2. The Morgan fingerprint density at radius 2 is 1.90 bits per heavy atom. The van der Waals surface area contributed by atoms with Crippen molar-refractivity contribution in [2.24, 2.45) is 5.92 Å². The van der Waals surface area contributed by atoms with E-state index in [1.165, 1.54) is 5.69 Å². The van der Waals surface area contributed by atoms with Crippen LogP contribution in [0, 0.1) is 17.2 Å². The van der Waals surface area contributed by atoms with Gasteiger partial charge in [-0.25, -0.2) is 0 Å². The normalized spacial score (nSPS) is 23.1. The first-order chi connectivity index (χ1) is 15.0. The van der Waals surface area contributed by atoms with E-state index in [1.807, 2.05) is 29.2 Å². The van der Waals surface area contributed by atoms with E-state index in [2.05, 4.69) is 53.6 Å². The minimum Gasteiger partial charge on any atom is -0.378 e. The molecule has 1 saturated heterocycles. The molecule has 4 rings (SSSR count). The van der Waals surface area contributed by atoms with Gasteiger partial charge in [0.1, 0.15) is 0 Å². The summed E-state index contributed by atoms with van der Waals surface area (Å²) in [6, 6.07) is 16.5. The van der Waals surface area contributed by atoms with Crippen molar-refractivity contribution in [3.8, 4) is 6.07 Å². The van der Waals surface area contributed by atoms with Gasteiger partial charge in [-0.15, -0.1) is 0 Å². The Hall–Kier alpha value is -3.04. The summed E-state index contributed by atoms with van der Waals surface area (Å²) in [5.74, 6) is 0.321. The molecule has 2 N–H and O–H groups in total. The summed E-state index contributed by atoms with van der Waals surface area (Å²) in [5, 5.41) is 16.2. The fourth-order valence-electron chi connectivity index (χ4n) is 5.04. The Morgan fingerprint density at radius 3 is 2.52 bits per heavy atom. The Morgan fingerprint density at radius 1 is 1.19 bits per heavy atom. The van der Waals surface area contributed by atoms with Gasteiger partial charge in [0.25, 0.3) is 0 Å². The Labute approximate surface area is 184 Å². The first-order valence-corrected chi connectivity index (χ1v) is 11.2. The van der Waals surface area contributed by atoms with Crippen LogP contribution in [0.3, 0.4) is 0 Å². The molecule has 2 aliphatic rings. The van der Waals surface area contributed by atoms with Gasteiger partial charge in [0.05, 0.1) is 17.7 Å². The Balaban J connectivity index is 1.76. The maximum Gasteiger partial charge on any atom is 0.224 e. The number of rotatable bonds is 4. The van der Waals surface area contributed by atoms with Gasteiger partial charge in [-0.2, -0.15) is 5.26 Å². The van der Waals surface area contributed by atoms with Crippen LogP contribution in [0.4, 0.5) is 17.1 Å². The van der Waals surface area contributed by atoms with Crippen LogP contribution < -0.4 is 20.4 Å². The summed E-state index contributed by atoms with van der Waals surface area (Å²) in [6.07, 6.45) is 0.894. The molecule has 0 aliphatic carbocycles. The van der Waals surface area contributed by atoms with E-state index < -0.39 is 0 Å². The molecule has 0 aromatic heterocycles. The van der Waals surface area contributed by atoms with Crippen molar-refractivity contribution in [2.75, 3.05) is 41.3 Å². The predicted molar refractivity (Wildman–Crippen MR) is 125 cm³/mol. The average molecular weight is 418 g/mol. The van der Waals surface area contributed by atoms with E-state index in [4.69, 9.17) is 5.26 Å². The molecule has 2 aliphatic heterocycles. The smallest absolute Gasteiger partial charge is 0.224 e. The zero-order chi connectivity index (χ0) is 22.0. The summed E-state index contributed by atoms with van der Waals surface area (Å²) in [5.41, 5.74) is 5.01. The molecule has 1 fully saturated rings. The predicted octanol–water partition coefficient (Wildman–Crippen LogP) is 3.90. The molecule has 0 saturated carbocycles. The van der Waals surface area contributed by atoms with Crippen LogP contribution in [-0.4, -0.2) is 38.1 Å². The number of carbonyl (C=O) groups excluding carboxylic acids is 1. The van der Waals surface area contributed by atoms with E-state index >= 15 is 0 Å². The molecule has 162 valence electrons. The van der Waals surface area contributed by atoms with E-state index in [0.717, 1.165) is 49.5 Å². The molecule has 0 spiro atoms. The van der Waals surface area contributed by atoms with Crippen molar-refractivity contribution in [3.05, 3.63) is 53.6 Å². The second-order valence-corrected chi connectivity index (χ2v) is 8.52. The first-order valence-electron chi connectivity index (χ1n) is 11.2. The lowest BCUT2D eigenvalue weighted by atomic mass is 9.80. The zero-order valence-electron chi connectivity index (χ0n) is 18.6. The van der Waals surface area contributed by atoms with Crippen molar-refractivity contribution in [2.45, 2.75) is 39.3 Å². The van der Waals surface area contributed by atoms with Crippen molar-refractivity contribution < 1.29 is 4.79 Å². The molecule has 3 atom stereocenters.